The molecule has 0 aliphatic rings. The van der Waals surface area contributed by atoms with E-state index >= 15 is 0 Å². The maximum Gasteiger partial charge on any atom is 0.213 e. The number of nitrogens with one attached hydrogen (secondary N) is 1. The number of hydrogen-bond donors (Lipinski definition) is 1. The summed E-state index contributed by atoms with van der Waals surface area (Å²) in [5.41, 5.74) is 1.02. The second kappa shape index (κ2) is 9.00. The quantitative estimate of drug-likeness (QED) is 0.759. The highest BCUT2D eigenvalue weighted by atomic mass is 16.5. The van der Waals surface area contributed by atoms with Crippen LogP contribution in [0.4, 0.5) is 0 Å². The fourth-order valence-electron chi connectivity index (χ4n) is 2.31. The van der Waals surface area contributed by atoms with E-state index in [1.54, 1.807) is 0 Å². The van der Waals surface area contributed by atoms with Gasteiger partial charge in [0.25, 0.3) is 0 Å². The minimum Gasteiger partial charge on any atom is -0.476 e. The smallest absolute Gasteiger partial charge is 0.213 e. The molecular formula is C17H31N3O. The Labute approximate surface area is 129 Å². The third-order valence-corrected chi connectivity index (χ3v) is 3.40. The van der Waals surface area contributed by atoms with Crippen molar-refractivity contribution >= 4 is 0 Å². The standard InChI is InChI=1S/C17H31N3O/c1-13(2)18-12-16-8-7-9-17(19-16)21-11-10-20(14(3)4)15(5)6/h7-9,13-15,18H,10-12H2,1-6H3. The Balaban J connectivity index is 2.46. The van der Waals surface area contributed by atoms with Crippen LogP contribution >= 0.6 is 0 Å². The van der Waals surface area contributed by atoms with Crippen molar-refractivity contribution in [3.63, 3.8) is 0 Å². The fraction of sp³-hybridized carbons (Fsp3) is 0.706. The molecule has 0 saturated carbocycles. The van der Waals surface area contributed by atoms with Crippen molar-refractivity contribution in [3.8, 4) is 5.88 Å². The van der Waals surface area contributed by atoms with Crippen molar-refractivity contribution in [1.82, 2.24) is 15.2 Å². The van der Waals surface area contributed by atoms with Crippen LogP contribution < -0.4 is 10.1 Å². The number of hydrogen-bond acceptors (Lipinski definition) is 4. The maximum absolute atomic E-state index is 5.80. The van der Waals surface area contributed by atoms with Crippen molar-refractivity contribution in [2.45, 2.75) is 66.2 Å². The number of ether oxygens (including phenoxy) is 1. The van der Waals surface area contributed by atoms with Gasteiger partial charge in [0, 0.05) is 37.3 Å². The van der Waals surface area contributed by atoms with Crippen LogP contribution in [0.3, 0.4) is 0 Å². The lowest BCUT2D eigenvalue weighted by molar-refractivity contribution is 0.140. The van der Waals surface area contributed by atoms with Gasteiger partial charge in [0.1, 0.15) is 6.61 Å². The minimum absolute atomic E-state index is 0.460. The van der Waals surface area contributed by atoms with E-state index in [9.17, 15) is 0 Å². The number of rotatable bonds is 9. The van der Waals surface area contributed by atoms with E-state index in [0.29, 0.717) is 30.6 Å². The summed E-state index contributed by atoms with van der Waals surface area (Å²) in [5.74, 6) is 0.713. The molecule has 1 aromatic rings. The molecule has 0 aromatic carbocycles. The van der Waals surface area contributed by atoms with Crippen LogP contribution in [0.2, 0.25) is 0 Å². The Hall–Kier alpha value is -1.13. The average molecular weight is 293 g/mol. The van der Waals surface area contributed by atoms with Gasteiger partial charge in [-0.3, -0.25) is 4.90 Å². The molecule has 21 heavy (non-hydrogen) atoms. The van der Waals surface area contributed by atoms with Crippen LogP contribution in [0.25, 0.3) is 0 Å². The normalized spacial score (nSPS) is 11.9. The number of nitrogens with zero attached hydrogens (tertiary/aromatic N) is 2. The van der Waals surface area contributed by atoms with Gasteiger partial charge in [-0.25, -0.2) is 4.98 Å². The number of aromatic nitrogens is 1. The minimum atomic E-state index is 0.460. The zero-order chi connectivity index (χ0) is 15.8. The van der Waals surface area contributed by atoms with Gasteiger partial charge in [0.2, 0.25) is 5.88 Å². The van der Waals surface area contributed by atoms with E-state index in [2.05, 4.69) is 56.7 Å². The van der Waals surface area contributed by atoms with Gasteiger partial charge in [0.15, 0.2) is 0 Å². The lowest BCUT2D eigenvalue weighted by atomic mass is 10.2. The SMILES string of the molecule is CC(C)NCc1cccc(OCCN(C(C)C)C(C)C)n1. The summed E-state index contributed by atoms with van der Waals surface area (Å²) in [7, 11) is 0. The molecule has 1 rings (SSSR count). The second-order valence-corrected chi connectivity index (χ2v) is 6.28. The molecule has 0 radical (unpaired) electrons. The molecule has 1 N–H and O–H groups in total. The van der Waals surface area contributed by atoms with Gasteiger partial charge >= 0.3 is 0 Å². The van der Waals surface area contributed by atoms with Gasteiger partial charge in [0.05, 0.1) is 5.69 Å². The van der Waals surface area contributed by atoms with Crippen LogP contribution in [0, 0.1) is 0 Å². The monoisotopic (exact) mass is 293 g/mol. The molecule has 120 valence electrons. The van der Waals surface area contributed by atoms with Crippen LogP contribution in [0.15, 0.2) is 18.2 Å². The molecule has 0 bridgehead atoms. The lowest BCUT2D eigenvalue weighted by Crippen LogP contribution is -2.39. The second-order valence-electron chi connectivity index (χ2n) is 6.28. The largest absolute Gasteiger partial charge is 0.476 e. The molecule has 0 atom stereocenters. The summed E-state index contributed by atoms with van der Waals surface area (Å²) in [6.45, 7) is 15.5. The van der Waals surface area contributed by atoms with E-state index in [0.717, 1.165) is 18.8 Å². The highest BCUT2D eigenvalue weighted by Gasteiger charge is 2.13. The summed E-state index contributed by atoms with van der Waals surface area (Å²) in [6.07, 6.45) is 0. The highest BCUT2D eigenvalue weighted by Crippen LogP contribution is 2.09. The van der Waals surface area contributed by atoms with Gasteiger partial charge < -0.3 is 10.1 Å². The van der Waals surface area contributed by atoms with E-state index in [1.165, 1.54) is 0 Å². The highest BCUT2D eigenvalue weighted by molar-refractivity contribution is 5.15. The van der Waals surface area contributed by atoms with E-state index < -0.39 is 0 Å². The van der Waals surface area contributed by atoms with Gasteiger partial charge in [-0.2, -0.15) is 0 Å². The Morgan fingerprint density at radius 1 is 1.10 bits per heavy atom. The Morgan fingerprint density at radius 2 is 1.76 bits per heavy atom. The molecule has 0 aliphatic carbocycles. The van der Waals surface area contributed by atoms with Crippen LogP contribution in [-0.4, -0.2) is 41.2 Å². The molecule has 0 saturated heterocycles. The first-order valence-corrected chi connectivity index (χ1v) is 7.98. The molecule has 0 spiro atoms. The third kappa shape index (κ3) is 6.91. The van der Waals surface area contributed by atoms with Gasteiger partial charge in [-0.05, 0) is 33.8 Å². The summed E-state index contributed by atoms with van der Waals surface area (Å²) in [5, 5.41) is 3.37. The van der Waals surface area contributed by atoms with E-state index in [1.807, 2.05) is 18.2 Å². The van der Waals surface area contributed by atoms with Gasteiger partial charge in [-0.15, -0.1) is 0 Å². The van der Waals surface area contributed by atoms with Gasteiger partial charge in [-0.1, -0.05) is 19.9 Å². The van der Waals surface area contributed by atoms with E-state index in [4.69, 9.17) is 4.74 Å². The number of pyridine rings is 1. The third-order valence-electron chi connectivity index (χ3n) is 3.40. The molecule has 4 nitrogen and oxygen atoms in total. The first-order chi connectivity index (χ1) is 9.90. The lowest BCUT2D eigenvalue weighted by Gasteiger charge is -2.30. The summed E-state index contributed by atoms with van der Waals surface area (Å²) in [4.78, 5) is 6.95. The molecular weight excluding hydrogens is 262 g/mol. The molecule has 1 heterocycles. The average Bonchev–Trinajstić information content (AvgIpc) is 2.41. The maximum atomic E-state index is 5.80. The Kier molecular flexibility index (Phi) is 7.68. The molecule has 1 aromatic heterocycles. The zero-order valence-corrected chi connectivity index (χ0v) is 14.4. The zero-order valence-electron chi connectivity index (χ0n) is 14.4. The Morgan fingerprint density at radius 3 is 2.33 bits per heavy atom. The van der Waals surface area contributed by atoms with Crippen LogP contribution in [-0.2, 0) is 6.54 Å². The molecule has 0 aliphatic heterocycles. The predicted octanol–water partition coefficient (Wildman–Crippen LogP) is 3.08. The first kappa shape index (κ1) is 17.9. The van der Waals surface area contributed by atoms with Crippen molar-refractivity contribution in [2.24, 2.45) is 0 Å². The summed E-state index contributed by atoms with van der Waals surface area (Å²) < 4.78 is 5.80. The molecule has 0 unspecified atom stereocenters. The topological polar surface area (TPSA) is 37.4 Å². The first-order valence-electron chi connectivity index (χ1n) is 7.98. The van der Waals surface area contributed by atoms with Crippen molar-refractivity contribution < 1.29 is 4.74 Å². The van der Waals surface area contributed by atoms with Crippen molar-refractivity contribution in [1.29, 1.82) is 0 Å². The summed E-state index contributed by atoms with van der Waals surface area (Å²) in [6, 6.07) is 7.47. The van der Waals surface area contributed by atoms with Crippen molar-refractivity contribution in [3.05, 3.63) is 23.9 Å². The van der Waals surface area contributed by atoms with Crippen LogP contribution in [0.5, 0.6) is 5.88 Å². The molecule has 0 fully saturated rings. The molecule has 4 heteroatoms. The predicted molar refractivity (Wildman–Crippen MR) is 88.7 cm³/mol. The fourth-order valence-corrected chi connectivity index (χ4v) is 2.31. The van der Waals surface area contributed by atoms with Crippen LogP contribution in [0.1, 0.15) is 47.2 Å². The van der Waals surface area contributed by atoms with E-state index in [-0.39, 0.29) is 0 Å². The van der Waals surface area contributed by atoms with Crippen molar-refractivity contribution in [2.75, 3.05) is 13.2 Å². The Bertz CT molecular complexity index is 397. The summed E-state index contributed by atoms with van der Waals surface area (Å²) >= 11 is 0. The molecule has 0 amide bonds.